The minimum absolute atomic E-state index is 0.144. The molecule has 0 heterocycles. The van der Waals surface area contributed by atoms with Crippen molar-refractivity contribution >= 4 is 23.1 Å². The second-order valence-electron chi connectivity index (χ2n) is 4.26. The van der Waals surface area contributed by atoms with Crippen molar-refractivity contribution in [2.75, 3.05) is 23.9 Å². The summed E-state index contributed by atoms with van der Waals surface area (Å²) in [5, 5.41) is 14.0. The number of hydrogen-bond donors (Lipinski definition) is 1. The zero-order valence-corrected chi connectivity index (χ0v) is 11.2. The maximum absolute atomic E-state index is 10.7. The predicted octanol–water partition coefficient (Wildman–Crippen LogP) is 3.31. The SMILES string of the molecule is CSCC(C)CNc1cc(C)cc([N+](=O)[O-])c1. The lowest BCUT2D eigenvalue weighted by Gasteiger charge is -2.12. The molecule has 0 spiro atoms. The van der Waals surface area contributed by atoms with Crippen molar-refractivity contribution in [1.29, 1.82) is 0 Å². The smallest absolute Gasteiger partial charge is 0.271 e. The van der Waals surface area contributed by atoms with E-state index in [1.807, 2.05) is 24.8 Å². The van der Waals surface area contributed by atoms with E-state index in [9.17, 15) is 10.1 Å². The average molecular weight is 254 g/mol. The number of thioether (sulfide) groups is 1. The Kier molecular flexibility index (Phi) is 5.28. The van der Waals surface area contributed by atoms with Crippen LogP contribution in [0.4, 0.5) is 11.4 Å². The molecule has 1 atom stereocenters. The van der Waals surface area contributed by atoms with E-state index in [2.05, 4.69) is 18.5 Å². The Morgan fingerprint density at radius 3 is 2.76 bits per heavy atom. The average Bonchev–Trinajstić information content (AvgIpc) is 2.26. The number of aryl methyl sites for hydroxylation is 1. The Hall–Kier alpha value is -1.23. The van der Waals surface area contributed by atoms with Crippen LogP contribution in [0.3, 0.4) is 0 Å². The van der Waals surface area contributed by atoms with Gasteiger partial charge in [-0.3, -0.25) is 10.1 Å². The first kappa shape index (κ1) is 13.8. The fourth-order valence-electron chi connectivity index (χ4n) is 1.61. The Morgan fingerprint density at radius 2 is 2.18 bits per heavy atom. The van der Waals surface area contributed by atoms with E-state index in [4.69, 9.17) is 0 Å². The summed E-state index contributed by atoms with van der Waals surface area (Å²) in [5.74, 6) is 1.63. The number of nitro benzene ring substituents is 1. The maximum atomic E-state index is 10.7. The van der Waals surface area contributed by atoms with Gasteiger partial charge in [0, 0.05) is 24.4 Å². The van der Waals surface area contributed by atoms with Crippen LogP contribution in [-0.2, 0) is 0 Å². The van der Waals surface area contributed by atoms with Crippen LogP contribution in [-0.4, -0.2) is 23.5 Å². The molecule has 0 radical (unpaired) electrons. The molecule has 4 nitrogen and oxygen atoms in total. The third-order valence-corrected chi connectivity index (χ3v) is 3.28. The largest absolute Gasteiger partial charge is 0.385 e. The second-order valence-corrected chi connectivity index (χ2v) is 5.17. The molecule has 0 bridgehead atoms. The van der Waals surface area contributed by atoms with Gasteiger partial charge in [0.15, 0.2) is 0 Å². The molecule has 0 aliphatic heterocycles. The summed E-state index contributed by atoms with van der Waals surface area (Å²) in [7, 11) is 0. The number of nitrogens with zero attached hydrogens (tertiary/aromatic N) is 1. The van der Waals surface area contributed by atoms with Crippen molar-refractivity contribution in [2.24, 2.45) is 5.92 Å². The van der Waals surface area contributed by atoms with Crippen LogP contribution in [0.25, 0.3) is 0 Å². The van der Waals surface area contributed by atoms with Crippen molar-refractivity contribution < 1.29 is 4.92 Å². The molecule has 1 rings (SSSR count). The van der Waals surface area contributed by atoms with Crippen LogP contribution in [0.2, 0.25) is 0 Å². The highest BCUT2D eigenvalue weighted by Crippen LogP contribution is 2.20. The Balaban J connectivity index is 2.68. The Bertz CT molecular complexity index is 396. The van der Waals surface area contributed by atoms with E-state index in [0.717, 1.165) is 23.5 Å². The van der Waals surface area contributed by atoms with Gasteiger partial charge in [0.2, 0.25) is 0 Å². The Labute approximate surface area is 106 Å². The zero-order chi connectivity index (χ0) is 12.8. The molecule has 0 aliphatic carbocycles. The molecule has 0 saturated carbocycles. The molecule has 17 heavy (non-hydrogen) atoms. The quantitative estimate of drug-likeness (QED) is 0.625. The van der Waals surface area contributed by atoms with Gasteiger partial charge in [-0.2, -0.15) is 11.8 Å². The summed E-state index contributed by atoms with van der Waals surface area (Å²) in [6.07, 6.45) is 2.08. The van der Waals surface area contributed by atoms with Gasteiger partial charge in [0.1, 0.15) is 0 Å². The van der Waals surface area contributed by atoms with E-state index < -0.39 is 0 Å². The van der Waals surface area contributed by atoms with Gasteiger partial charge in [-0.25, -0.2) is 0 Å². The highest BCUT2D eigenvalue weighted by Gasteiger charge is 2.08. The fourth-order valence-corrected chi connectivity index (χ4v) is 2.29. The number of anilines is 1. The number of hydrogen-bond acceptors (Lipinski definition) is 4. The summed E-state index contributed by atoms with van der Waals surface area (Å²) in [4.78, 5) is 10.4. The number of nitro groups is 1. The van der Waals surface area contributed by atoms with Gasteiger partial charge in [0.25, 0.3) is 5.69 Å². The zero-order valence-electron chi connectivity index (χ0n) is 10.4. The second kappa shape index (κ2) is 6.49. The van der Waals surface area contributed by atoms with Gasteiger partial charge >= 0.3 is 0 Å². The molecule has 94 valence electrons. The first-order valence-electron chi connectivity index (χ1n) is 5.52. The standard InChI is InChI=1S/C12H18N2O2S/c1-9-4-11(6-12(5-9)14(15)16)13-7-10(2)8-17-3/h4-6,10,13H,7-8H2,1-3H3. The predicted molar refractivity (Wildman–Crippen MR) is 73.9 cm³/mol. The molecule has 1 aromatic carbocycles. The summed E-state index contributed by atoms with van der Waals surface area (Å²) in [6.45, 7) is 4.86. The van der Waals surface area contributed by atoms with Gasteiger partial charge in [-0.15, -0.1) is 0 Å². The topological polar surface area (TPSA) is 55.2 Å². The van der Waals surface area contributed by atoms with Crippen molar-refractivity contribution in [3.63, 3.8) is 0 Å². The van der Waals surface area contributed by atoms with Crippen LogP contribution in [0.1, 0.15) is 12.5 Å². The van der Waals surface area contributed by atoms with E-state index in [1.54, 1.807) is 12.1 Å². The third kappa shape index (κ3) is 4.65. The lowest BCUT2D eigenvalue weighted by atomic mass is 10.1. The van der Waals surface area contributed by atoms with E-state index >= 15 is 0 Å². The molecule has 0 fully saturated rings. The highest BCUT2D eigenvalue weighted by atomic mass is 32.2. The van der Waals surface area contributed by atoms with Crippen LogP contribution < -0.4 is 5.32 Å². The van der Waals surface area contributed by atoms with Crippen LogP contribution in [0.15, 0.2) is 18.2 Å². The molecule has 1 N–H and O–H groups in total. The first-order chi connectivity index (χ1) is 8.02. The van der Waals surface area contributed by atoms with Crippen LogP contribution >= 0.6 is 11.8 Å². The van der Waals surface area contributed by atoms with Crippen molar-refractivity contribution in [2.45, 2.75) is 13.8 Å². The minimum atomic E-state index is -0.358. The molecular weight excluding hydrogens is 236 g/mol. The first-order valence-corrected chi connectivity index (χ1v) is 6.91. The molecule has 0 aromatic heterocycles. The monoisotopic (exact) mass is 254 g/mol. The molecule has 0 amide bonds. The van der Waals surface area contributed by atoms with Gasteiger partial charge in [0.05, 0.1) is 4.92 Å². The summed E-state index contributed by atoms with van der Waals surface area (Å²) < 4.78 is 0. The number of rotatable bonds is 6. The van der Waals surface area contributed by atoms with Gasteiger partial charge < -0.3 is 5.32 Å². The molecular formula is C12H18N2O2S. The Morgan fingerprint density at radius 1 is 1.47 bits per heavy atom. The highest BCUT2D eigenvalue weighted by molar-refractivity contribution is 7.98. The normalized spacial score (nSPS) is 12.2. The minimum Gasteiger partial charge on any atom is -0.385 e. The molecule has 0 saturated heterocycles. The van der Waals surface area contributed by atoms with Crippen LogP contribution in [0.5, 0.6) is 0 Å². The number of nitrogens with one attached hydrogen (secondary N) is 1. The number of benzene rings is 1. The van der Waals surface area contributed by atoms with Gasteiger partial charge in [-0.05, 0) is 36.5 Å². The fraction of sp³-hybridized carbons (Fsp3) is 0.500. The number of non-ortho nitro benzene ring substituents is 1. The van der Waals surface area contributed by atoms with Crippen molar-refractivity contribution in [3.8, 4) is 0 Å². The maximum Gasteiger partial charge on any atom is 0.271 e. The molecule has 5 heteroatoms. The lowest BCUT2D eigenvalue weighted by molar-refractivity contribution is -0.384. The molecule has 1 unspecified atom stereocenters. The van der Waals surface area contributed by atoms with E-state index in [0.29, 0.717) is 5.92 Å². The lowest BCUT2D eigenvalue weighted by Crippen LogP contribution is -2.13. The van der Waals surface area contributed by atoms with Crippen molar-refractivity contribution in [3.05, 3.63) is 33.9 Å². The summed E-state index contributed by atoms with van der Waals surface area (Å²) in [6, 6.07) is 5.09. The van der Waals surface area contributed by atoms with E-state index in [-0.39, 0.29) is 10.6 Å². The van der Waals surface area contributed by atoms with E-state index in [1.165, 1.54) is 0 Å². The van der Waals surface area contributed by atoms with Gasteiger partial charge in [-0.1, -0.05) is 6.92 Å². The van der Waals surface area contributed by atoms with Crippen LogP contribution in [0, 0.1) is 23.0 Å². The molecule has 1 aromatic rings. The molecule has 0 aliphatic rings. The summed E-state index contributed by atoms with van der Waals surface area (Å²) >= 11 is 1.81. The van der Waals surface area contributed by atoms with Crippen molar-refractivity contribution in [1.82, 2.24) is 0 Å². The summed E-state index contributed by atoms with van der Waals surface area (Å²) in [5.41, 5.74) is 1.87. The third-order valence-electron chi connectivity index (χ3n) is 2.38.